The summed E-state index contributed by atoms with van der Waals surface area (Å²) in [6.45, 7) is 10.7. The predicted molar refractivity (Wildman–Crippen MR) is 161 cm³/mol. The molecular formula is C31H36N6O4S. The summed E-state index contributed by atoms with van der Waals surface area (Å²) in [6.07, 6.45) is 4.24. The Labute approximate surface area is 246 Å². The number of fused-ring (bicyclic) bond motifs is 4. The van der Waals surface area contributed by atoms with Crippen molar-refractivity contribution in [2.45, 2.75) is 58.4 Å². The highest BCUT2D eigenvalue weighted by Crippen LogP contribution is 2.40. The largest absolute Gasteiger partial charge is 0.477 e. The van der Waals surface area contributed by atoms with Gasteiger partial charge in [-0.25, -0.2) is 18.1 Å². The average molecular weight is 589 g/mol. The van der Waals surface area contributed by atoms with Gasteiger partial charge in [0, 0.05) is 29.7 Å². The average Bonchev–Trinajstić information content (AvgIpc) is 3.33. The number of anilines is 1. The van der Waals surface area contributed by atoms with Crippen molar-refractivity contribution in [2.75, 3.05) is 11.3 Å². The number of nitrogens with one attached hydrogen (secondary N) is 1. The molecule has 0 radical (unpaired) electrons. The van der Waals surface area contributed by atoms with Gasteiger partial charge in [0.15, 0.2) is 0 Å². The van der Waals surface area contributed by atoms with Gasteiger partial charge in [-0.15, -0.1) is 0 Å². The fraction of sp³-hybridized carbons (Fsp3) is 0.355. The zero-order chi connectivity index (χ0) is 30.2. The second-order valence-electron chi connectivity index (χ2n) is 12.1. The minimum absolute atomic E-state index is 0.0592. The maximum absolute atomic E-state index is 13.6. The van der Waals surface area contributed by atoms with E-state index >= 15 is 0 Å². The fourth-order valence-electron chi connectivity index (χ4n) is 5.72. The lowest BCUT2D eigenvalue weighted by Crippen LogP contribution is -2.27. The van der Waals surface area contributed by atoms with Gasteiger partial charge in [0.05, 0.1) is 23.4 Å². The minimum Gasteiger partial charge on any atom is -0.477 e. The summed E-state index contributed by atoms with van der Waals surface area (Å²) in [5.74, 6) is -0.695. The van der Waals surface area contributed by atoms with Crippen LogP contribution in [0.2, 0.25) is 0 Å². The molecule has 3 N–H and O–H groups in total. The molecule has 10 nitrogen and oxygen atoms in total. The molecule has 0 saturated carbocycles. The Hall–Kier alpha value is -4.25. The molecule has 0 fully saturated rings. The van der Waals surface area contributed by atoms with Gasteiger partial charge in [0.25, 0.3) is 10.0 Å². The molecule has 220 valence electrons. The van der Waals surface area contributed by atoms with Crippen LogP contribution in [0.5, 0.6) is 5.88 Å². The number of nitrogens with zero attached hydrogens (tertiary/aromatic N) is 4. The first-order valence-corrected chi connectivity index (χ1v) is 15.3. The summed E-state index contributed by atoms with van der Waals surface area (Å²) in [5.41, 5.74) is 10.4. The van der Waals surface area contributed by atoms with E-state index in [1.807, 2.05) is 38.1 Å². The molecule has 2 aromatic carbocycles. The van der Waals surface area contributed by atoms with Gasteiger partial charge >= 0.3 is 0 Å². The van der Waals surface area contributed by atoms with Crippen molar-refractivity contribution >= 4 is 21.9 Å². The first-order valence-electron chi connectivity index (χ1n) is 13.8. The van der Waals surface area contributed by atoms with E-state index in [-0.39, 0.29) is 40.5 Å². The molecule has 1 unspecified atom stereocenters. The summed E-state index contributed by atoms with van der Waals surface area (Å²) in [6, 6.07) is 14.6. The Morgan fingerprint density at radius 1 is 1.07 bits per heavy atom. The molecule has 1 amide bonds. The number of nitrogens with two attached hydrogens (primary N) is 1. The number of rotatable bonds is 5. The Bertz CT molecular complexity index is 1720. The molecular weight excluding hydrogens is 552 g/mol. The van der Waals surface area contributed by atoms with E-state index in [1.54, 1.807) is 36.7 Å². The quantitative estimate of drug-likeness (QED) is 0.340. The smallest absolute Gasteiger partial charge is 0.264 e. The zero-order valence-corrected chi connectivity index (χ0v) is 25.3. The van der Waals surface area contributed by atoms with E-state index < -0.39 is 15.9 Å². The Morgan fingerprint density at radius 3 is 2.48 bits per heavy atom. The number of aromatic nitrogens is 4. The number of sulfonamides is 1. The molecule has 0 spiro atoms. The zero-order valence-electron chi connectivity index (χ0n) is 24.5. The number of primary amides is 1. The molecule has 0 saturated heterocycles. The van der Waals surface area contributed by atoms with E-state index in [0.717, 1.165) is 34.2 Å². The highest BCUT2D eigenvalue weighted by Gasteiger charge is 2.32. The second-order valence-corrected chi connectivity index (χ2v) is 13.8. The molecule has 1 aliphatic heterocycles. The lowest BCUT2D eigenvalue weighted by molar-refractivity contribution is -0.118. The van der Waals surface area contributed by atoms with Crippen LogP contribution in [-0.2, 0) is 21.4 Å². The highest BCUT2D eigenvalue weighted by molar-refractivity contribution is 7.92. The van der Waals surface area contributed by atoms with E-state index in [0.29, 0.717) is 12.3 Å². The van der Waals surface area contributed by atoms with Crippen molar-refractivity contribution < 1.29 is 17.9 Å². The topological polar surface area (TPSA) is 142 Å². The van der Waals surface area contributed by atoms with Crippen LogP contribution >= 0.6 is 0 Å². The second kappa shape index (κ2) is 11.2. The van der Waals surface area contributed by atoms with E-state index in [9.17, 15) is 13.2 Å². The number of ether oxygens (including phenoxy) is 1. The molecule has 4 aromatic rings. The third-order valence-corrected chi connectivity index (χ3v) is 8.64. The molecule has 42 heavy (non-hydrogen) atoms. The molecule has 0 aliphatic carbocycles. The first kappa shape index (κ1) is 29.2. The number of aryl methyl sites for hydroxylation is 2. The third kappa shape index (κ3) is 6.46. The molecule has 3 heterocycles. The maximum Gasteiger partial charge on any atom is 0.264 e. The van der Waals surface area contributed by atoms with Gasteiger partial charge in [-0.3, -0.25) is 9.48 Å². The van der Waals surface area contributed by atoms with E-state index in [4.69, 9.17) is 10.5 Å². The van der Waals surface area contributed by atoms with Crippen LogP contribution in [0.25, 0.3) is 11.3 Å². The Balaban J connectivity index is 1.69. The number of benzene rings is 2. The first-order chi connectivity index (χ1) is 19.8. The SMILES string of the molecule is Cc1cccc(C)c1-c1cc2nc(n1)NS(=O)(=O)c1cccc(c1)C(c1cnn(CC(N)=O)c1)[C@H](CC(C)(C)C)CO2. The fourth-order valence-corrected chi connectivity index (χ4v) is 6.72. The molecule has 2 atom stereocenters. The third-order valence-electron chi connectivity index (χ3n) is 7.31. The molecule has 4 bridgehead atoms. The number of hydrogen-bond donors (Lipinski definition) is 2. The van der Waals surface area contributed by atoms with Crippen LogP contribution in [0, 0.1) is 25.2 Å². The van der Waals surface area contributed by atoms with Crippen molar-refractivity contribution in [1.29, 1.82) is 0 Å². The summed E-state index contributed by atoms with van der Waals surface area (Å²) >= 11 is 0. The molecule has 11 heteroatoms. The number of hydrogen-bond acceptors (Lipinski definition) is 7. The summed E-state index contributed by atoms with van der Waals surface area (Å²) < 4.78 is 37.8. The van der Waals surface area contributed by atoms with Crippen LogP contribution in [0.4, 0.5) is 5.95 Å². The van der Waals surface area contributed by atoms with Crippen molar-refractivity contribution in [1.82, 2.24) is 19.7 Å². The predicted octanol–water partition coefficient (Wildman–Crippen LogP) is 4.82. The van der Waals surface area contributed by atoms with Crippen molar-refractivity contribution in [2.24, 2.45) is 17.1 Å². The van der Waals surface area contributed by atoms with Crippen LogP contribution in [-0.4, -0.2) is 40.7 Å². The van der Waals surface area contributed by atoms with Gasteiger partial charge in [-0.2, -0.15) is 10.1 Å². The summed E-state index contributed by atoms with van der Waals surface area (Å²) in [5, 5.41) is 4.37. The van der Waals surface area contributed by atoms with Gasteiger partial charge in [0.1, 0.15) is 6.54 Å². The van der Waals surface area contributed by atoms with Crippen LogP contribution in [0.1, 0.15) is 55.4 Å². The van der Waals surface area contributed by atoms with Gasteiger partial charge < -0.3 is 10.5 Å². The standard InChI is InChI=1S/C31H36N6O4S/c1-19-8-6-9-20(2)28(19)25-13-27-35-30(34-25)36-42(39,40)24-11-7-10-21(12-24)29(22(18-41-27)14-31(3,4)5)23-15-33-37(16-23)17-26(32)38/h6-13,15-16,22,29H,14,17-18H2,1-5H3,(H2,32,38)(H,34,35,36)/t22-,29?/m1/s1. The highest BCUT2D eigenvalue weighted by atomic mass is 32.2. The van der Waals surface area contributed by atoms with Gasteiger partial charge in [0.2, 0.25) is 17.7 Å². The lowest BCUT2D eigenvalue weighted by Gasteiger charge is -2.32. The normalized spacial score (nSPS) is 18.2. The number of amides is 1. The van der Waals surface area contributed by atoms with Crippen LogP contribution in [0.3, 0.4) is 0 Å². The summed E-state index contributed by atoms with van der Waals surface area (Å²) in [4.78, 5) is 20.7. The number of carbonyl (C=O) groups is 1. The van der Waals surface area contributed by atoms with Crippen LogP contribution in [0.15, 0.2) is 65.8 Å². The van der Waals surface area contributed by atoms with Gasteiger partial charge in [-0.05, 0) is 60.1 Å². The molecule has 1 aliphatic rings. The minimum atomic E-state index is -4.05. The monoisotopic (exact) mass is 588 g/mol. The van der Waals surface area contributed by atoms with Crippen molar-refractivity contribution in [3.05, 3.63) is 83.2 Å². The van der Waals surface area contributed by atoms with Gasteiger partial charge in [-0.1, -0.05) is 51.1 Å². The lowest BCUT2D eigenvalue weighted by atomic mass is 9.74. The summed E-state index contributed by atoms with van der Waals surface area (Å²) in [7, 11) is -4.05. The van der Waals surface area contributed by atoms with Crippen molar-refractivity contribution in [3.8, 4) is 17.1 Å². The van der Waals surface area contributed by atoms with Crippen molar-refractivity contribution in [3.63, 3.8) is 0 Å². The van der Waals surface area contributed by atoms with E-state index in [1.165, 1.54) is 4.68 Å². The number of carbonyl (C=O) groups excluding carboxylic acids is 1. The Morgan fingerprint density at radius 2 is 1.79 bits per heavy atom. The molecule has 5 rings (SSSR count). The van der Waals surface area contributed by atoms with Crippen LogP contribution < -0.4 is 15.2 Å². The Kier molecular flexibility index (Phi) is 7.80. The van der Waals surface area contributed by atoms with E-state index in [2.05, 4.69) is 40.6 Å². The molecule has 2 aromatic heterocycles. The maximum atomic E-state index is 13.6.